The molecule has 8 aromatic rings. The van der Waals surface area contributed by atoms with E-state index in [2.05, 4.69) is 46.0 Å². The fraction of sp³-hybridized carbons (Fsp3) is 0.217. The van der Waals surface area contributed by atoms with Gasteiger partial charge in [0.15, 0.2) is 11.3 Å². The summed E-state index contributed by atoms with van der Waals surface area (Å²) in [6.45, 7) is 5.23. The highest BCUT2D eigenvalue weighted by Crippen LogP contribution is 2.46. The molecule has 5 aromatic carbocycles. The van der Waals surface area contributed by atoms with Crippen LogP contribution >= 0.6 is 23.1 Å². The molecule has 1 amide bonds. The molecule has 3 heterocycles. The smallest absolute Gasteiger partial charge is 0.296 e. The molecule has 32 nitrogen and oxygen atoms in total. The van der Waals surface area contributed by atoms with Gasteiger partial charge in [-0.15, -0.1) is 37.3 Å². The third-order valence-electron chi connectivity index (χ3n) is 12.1. The van der Waals surface area contributed by atoms with E-state index in [0.29, 0.717) is 29.0 Å². The molecule has 0 aliphatic heterocycles. The van der Waals surface area contributed by atoms with Gasteiger partial charge in [0.25, 0.3) is 60.7 Å². The summed E-state index contributed by atoms with van der Waals surface area (Å²) >= 11 is 1.41. The molecule has 8 N–H and O–H groups in total. The third-order valence-corrected chi connectivity index (χ3v) is 19.3. The number of rotatable bonds is 21. The Labute approximate surface area is 494 Å². The Bertz CT molecular complexity index is 5080. The van der Waals surface area contributed by atoms with E-state index < -0.39 is 125 Å². The molecule has 0 radical (unpaired) electrons. The van der Waals surface area contributed by atoms with Gasteiger partial charge in [-0.2, -0.15) is 60.9 Å². The van der Waals surface area contributed by atoms with Crippen LogP contribution in [0.5, 0.6) is 11.6 Å². The molecular formula is C46H41N11O21S8. The lowest BCUT2D eigenvalue weighted by atomic mass is 10.1. The fourth-order valence-electron chi connectivity index (χ4n) is 8.35. The predicted molar refractivity (Wildman–Crippen MR) is 308 cm³/mol. The van der Waals surface area contributed by atoms with Crippen molar-refractivity contribution in [3.05, 3.63) is 76.9 Å². The topological polar surface area (TPSA) is 513 Å². The van der Waals surface area contributed by atoms with E-state index in [-0.39, 0.29) is 108 Å². The third kappa shape index (κ3) is 14.3. The molecule has 86 heavy (non-hydrogen) atoms. The summed E-state index contributed by atoms with van der Waals surface area (Å²) < 4.78 is 211. The summed E-state index contributed by atoms with van der Waals surface area (Å²) in [6.07, 6.45) is -0.394. The number of fused-ring (bicyclic) bond motifs is 6. The maximum absolute atomic E-state index is 12.7. The summed E-state index contributed by atoms with van der Waals surface area (Å²) in [6, 6.07) is 11.3. The molecule has 0 saturated heterocycles. The predicted octanol–water partition coefficient (Wildman–Crippen LogP) is 8.97. The number of carbonyl (C=O) groups excluding carboxylic acids is 1. The second-order valence-electron chi connectivity index (χ2n) is 18.3. The number of nitrogens with zero attached hydrogens (tertiary/aromatic N) is 10. The highest BCUT2D eigenvalue weighted by Gasteiger charge is 2.29. The molecule has 0 unspecified atom stereocenters. The minimum Gasteiger partial charge on any atom is -0.493 e. The monoisotopic (exact) mass is 1340 g/mol. The Balaban J connectivity index is 1.25. The zero-order valence-corrected chi connectivity index (χ0v) is 50.6. The number of carbonyl (C=O) groups is 1. The number of hydrogen-bond donors (Lipinski definition) is 8. The molecule has 0 bridgehead atoms. The quantitative estimate of drug-likeness (QED) is 0.0144. The first-order valence-corrected chi connectivity index (χ1v) is 34.5. The van der Waals surface area contributed by atoms with Crippen LogP contribution in [0.4, 0.5) is 39.3 Å². The van der Waals surface area contributed by atoms with Gasteiger partial charge in [-0.05, 0) is 93.0 Å². The van der Waals surface area contributed by atoms with Gasteiger partial charge in [0.1, 0.15) is 60.2 Å². The molecule has 0 fully saturated rings. The summed E-state index contributed by atoms with van der Waals surface area (Å²) in [7, 11) is -29.6. The number of imidazole rings is 1. The van der Waals surface area contributed by atoms with Crippen molar-refractivity contribution in [3.8, 4) is 17.7 Å². The van der Waals surface area contributed by atoms with Crippen molar-refractivity contribution < 1.29 is 92.5 Å². The average Bonchev–Trinajstić information content (AvgIpc) is 1.50. The zero-order valence-electron chi connectivity index (χ0n) is 44.0. The summed E-state index contributed by atoms with van der Waals surface area (Å²) in [5, 5.41) is 48.6. The van der Waals surface area contributed by atoms with Crippen molar-refractivity contribution in [2.24, 2.45) is 30.7 Å². The number of aryl methyl sites for hydroxylation is 2. The number of ether oxygens (including phenoxy) is 1. The first kappa shape index (κ1) is 64.4. The van der Waals surface area contributed by atoms with E-state index >= 15 is 0 Å². The van der Waals surface area contributed by atoms with E-state index in [1.54, 1.807) is 6.92 Å². The van der Waals surface area contributed by atoms with Crippen LogP contribution in [0.2, 0.25) is 0 Å². The number of thiazole rings is 1. The zero-order chi connectivity index (χ0) is 63.4. The van der Waals surface area contributed by atoms with Crippen molar-refractivity contribution in [2.75, 3.05) is 29.2 Å². The lowest BCUT2D eigenvalue weighted by Crippen LogP contribution is -2.08. The van der Waals surface area contributed by atoms with Gasteiger partial charge in [0.2, 0.25) is 16.9 Å². The molecule has 40 heteroatoms. The van der Waals surface area contributed by atoms with Gasteiger partial charge in [0.05, 0.1) is 44.6 Å². The first-order chi connectivity index (χ1) is 39.8. The highest BCUT2D eigenvalue weighted by molar-refractivity contribution is 7.99. The van der Waals surface area contributed by atoms with Crippen LogP contribution in [-0.4, -0.2) is 127 Å². The number of nitrogens with one attached hydrogen (secondary N) is 1. The molecule has 8 rings (SSSR count). The van der Waals surface area contributed by atoms with Crippen molar-refractivity contribution >= 4 is 167 Å². The minimum atomic E-state index is -5.36. The lowest BCUT2D eigenvalue weighted by molar-refractivity contribution is -0.114. The van der Waals surface area contributed by atoms with Crippen LogP contribution in [0.15, 0.2) is 110 Å². The average molecular weight is 1340 g/mol. The molecule has 0 aliphatic carbocycles. The molecule has 0 saturated carbocycles. The standard InChI is InChI=1S/C46H41N11O21S8/c1-21-7-8-36(84(69,70)71)40-42(21)57-44(49-40)28(20-47)23(3)39(45(57)59)55-53-32-13-22(2)29(18-34(32)78-9-5-11-81(60,61)62)51-54-33-17-30(48-24(4)58)31(19-35(33)79-10-6-12-82(63,64)65)52-56-46-50-41-38(86(75,76)77)16-26-27(43(41)80-46)14-25(83(66,67)68)15-37(26)85(72,73)74/h7-8,13-19,59H,5-6,9-12H2,1-4H3,(H,48,58)(H,60,61,62)(H,63,64,65)(H,66,67,68)(H,69,70,71)(H,72,73,74)(H,75,76,77). The molecule has 0 spiro atoms. The maximum Gasteiger partial charge on any atom is 0.296 e. The summed E-state index contributed by atoms with van der Waals surface area (Å²) in [5.74, 6) is -2.93. The van der Waals surface area contributed by atoms with Crippen molar-refractivity contribution in [1.29, 1.82) is 5.26 Å². The van der Waals surface area contributed by atoms with Crippen LogP contribution < -0.4 is 10.1 Å². The van der Waals surface area contributed by atoms with Crippen molar-refractivity contribution in [3.63, 3.8) is 0 Å². The Kier molecular flexibility index (Phi) is 17.9. The second-order valence-corrected chi connectivity index (χ2v) is 29.1. The molecule has 0 atom stereocenters. The second kappa shape index (κ2) is 23.9. The van der Waals surface area contributed by atoms with Gasteiger partial charge < -0.3 is 15.2 Å². The number of aromatic hydroxyl groups is 1. The number of azo groups is 3. The van der Waals surface area contributed by atoms with Gasteiger partial charge >= 0.3 is 0 Å². The van der Waals surface area contributed by atoms with Crippen molar-refractivity contribution in [2.45, 2.75) is 65.0 Å². The Morgan fingerprint density at radius 3 is 1.92 bits per heavy atom. The van der Waals surface area contributed by atoms with Crippen molar-refractivity contribution in [1.82, 2.24) is 14.4 Å². The summed E-state index contributed by atoms with van der Waals surface area (Å²) in [5.41, 5.74) is -1.28. The van der Waals surface area contributed by atoms with Gasteiger partial charge in [-0.3, -0.25) is 36.5 Å². The van der Waals surface area contributed by atoms with Gasteiger partial charge in [0, 0.05) is 34.2 Å². The molecule has 0 aliphatic rings. The first-order valence-electron chi connectivity index (χ1n) is 23.7. The van der Waals surface area contributed by atoms with E-state index in [1.807, 2.05) is 6.07 Å². The van der Waals surface area contributed by atoms with Gasteiger partial charge in [-0.1, -0.05) is 17.4 Å². The SMILES string of the molecule is CC(=O)Nc1cc(N=Nc2cc(OCCCS(=O)(=O)O)c(N=Nc3c(C)c(C#N)c4nc5c(S(=O)(=O)O)ccc(C)c5n4c3O)cc2C)c(SCCCS(=O)(=O)O)cc1N=Nc1nc2c(S(=O)(=O)O)cc3c(S(=O)(=O)O)cc(S(=O)(=O)O)cc3c2s1. The number of nitriles is 1. The van der Waals surface area contributed by atoms with Gasteiger partial charge in [-0.25, -0.2) is 9.97 Å². The largest absolute Gasteiger partial charge is 0.493 e. The number of thioether (sulfide) groups is 1. The normalized spacial score (nSPS) is 13.1. The Morgan fingerprint density at radius 2 is 1.30 bits per heavy atom. The van der Waals surface area contributed by atoms with Crippen LogP contribution in [0.1, 0.15) is 42.0 Å². The number of benzene rings is 5. The van der Waals surface area contributed by atoms with Crippen LogP contribution in [0.25, 0.3) is 37.7 Å². The molecular weight excluding hydrogens is 1300 g/mol. The molecule has 3 aromatic heterocycles. The fourth-order valence-corrected chi connectivity index (χ4v) is 14.1. The molecule has 454 valence electrons. The van der Waals surface area contributed by atoms with Crippen LogP contribution in [-0.2, 0) is 65.5 Å². The van der Waals surface area contributed by atoms with Crippen LogP contribution in [0, 0.1) is 32.1 Å². The highest BCUT2D eigenvalue weighted by atomic mass is 32.2. The number of aromatic nitrogens is 3. The maximum atomic E-state index is 12.7. The Hall–Kier alpha value is -7.63. The van der Waals surface area contributed by atoms with E-state index in [0.717, 1.165) is 35.2 Å². The van der Waals surface area contributed by atoms with E-state index in [4.69, 9.17) is 4.74 Å². The minimum absolute atomic E-state index is 0.000303. The van der Waals surface area contributed by atoms with Crippen LogP contribution in [0.3, 0.4) is 0 Å². The number of pyridine rings is 1. The number of anilines is 1. The number of hydrogen-bond acceptors (Lipinski definition) is 26. The Morgan fingerprint density at radius 1 is 0.674 bits per heavy atom. The lowest BCUT2D eigenvalue weighted by Gasteiger charge is -2.13. The number of amides is 1. The summed E-state index contributed by atoms with van der Waals surface area (Å²) in [4.78, 5) is 17.4. The van der Waals surface area contributed by atoms with E-state index in [1.165, 1.54) is 44.2 Å². The van der Waals surface area contributed by atoms with E-state index in [9.17, 15) is 93.0 Å².